The van der Waals surface area contributed by atoms with E-state index in [2.05, 4.69) is 6.92 Å². The lowest BCUT2D eigenvalue weighted by atomic mass is 9.83. The second kappa shape index (κ2) is 10.4. The van der Waals surface area contributed by atoms with E-state index in [1.54, 1.807) is 14.0 Å². The Labute approximate surface area is 179 Å². The van der Waals surface area contributed by atoms with Gasteiger partial charge in [0.05, 0.1) is 25.7 Å². The lowest BCUT2D eigenvalue weighted by Gasteiger charge is -2.35. The van der Waals surface area contributed by atoms with Crippen LogP contribution in [0.4, 0.5) is 0 Å². The van der Waals surface area contributed by atoms with Crippen LogP contribution in [0.1, 0.15) is 51.0 Å². The van der Waals surface area contributed by atoms with Gasteiger partial charge in [-0.2, -0.15) is 0 Å². The summed E-state index contributed by atoms with van der Waals surface area (Å²) >= 11 is 0. The predicted molar refractivity (Wildman–Crippen MR) is 117 cm³/mol. The zero-order valence-electron chi connectivity index (χ0n) is 18.0. The molecule has 0 heterocycles. The normalized spacial score (nSPS) is 20.0. The number of hydrogen-bond donors (Lipinski definition) is 1. The lowest BCUT2D eigenvalue weighted by Crippen LogP contribution is -2.37. The molecule has 0 saturated heterocycles. The van der Waals surface area contributed by atoms with Crippen molar-refractivity contribution in [2.45, 2.75) is 51.6 Å². The second-order valence-electron chi connectivity index (χ2n) is 8.16. The first-order valence-electron chi connectivity index (χ1n) is 10.8. The number of carboxylic acid groups (broad SMARTS) is 1. The second-order valence-corrected chi connectivity index (χ2v) is 8.16. The number of benzene rings is 2. The molecule has 5 nitrogen and oxygen atoms in total. The van der Waals surface area contributed by atoms with Gasteiger partial charge in [0.15, 0.2) is 0 Å². The van der Waals surface area contributed by atoms with Gasteiger partial charge >= 0.3 is 5.97 Å². The van der Waals surface area contributed by atoms with Gasteiger partial charge in [0.25, 0.3) is 0 Å². The van der Waals surface area contributed by atoms with Gasteiger partial charge in [-0.25, -0.2) is 0 Å². The lowest BCUT2D eigenvalue weighted by molar-refractivity contribution is -0.142. The largest absolute Gasteiger partial charge is 0.497 e. The van der Waals surface area contributed by atoms with Crippen LogP contribution in [-0.2, 0) is 4.79 Å². The van der Waals surface area contributed by atoms with E-state index in [0.29, 0.717) is 12.5 Å². The molecule has 162 valence electrons. The van der Waals surface area contributed by atoms with Crippen LogP contribution in [0.25, 0.3) is 0 Å². The fourth-order valence-corrected chi connectivity index (χ4v) is 4.01. The van der Waals surface area contributed by atoms with Crippen LogP contribution in [0.15, 0.2) is 48.5 Å². The Hall–Kier alpha value is -2.69. The Morgan fingerprint density at radius 1 is 1.10 bits per heavy atom. The number of carboxylic acids is 1. The van der Waals surface area contributed by atoms with Crippen LogP contribution in [0, 0.1) is 11.8 Å². The summed E-state index contributed by atoms with van der Waals surface area (Å²) in [5.41, 5.74) is 1.04. The average Bonchev–Trinajstić information content (AvgIpc) is 2.73. The van der Waals surface area contributed by atoms with Crippen LogP contribution in [-0.4, -0.2) is 30.9 Å². The van der Waals surface area contributed by atoms with Crippen LogP contribution in [0.5, 0.6) is 17.2 Å². The molecule has 2 unspecified atom stereocenters. The van der Waals surface area contributed by atoms with Crippen molar-refractivity contribution in [3.8, 4) is 17.2 Å². The summed E-state index contributed by atoms with van der Waals surface area (Å²) in [6.45, 7) is 4.52. The highest BCUT2D eigenvalue weighted by Crippen LogP contribution is 2.34. The van der Waals surface area contributed by atoms with Gasteiger partial charge in [-0.05, 0) is 60.9 Å². The summed E-state index contributed by atoms with van der Waals surface area (Å²) in [6, 6.07) is 15.6. The standard InChI is InChI=1S/C25H32O5/c1-4-7-24(17(2)25(26)27)19-8-5-10-21(14-19)29-16-18-12-23(13-18)30-22-11-6-9-20(15-22)28-3/h5-6,8-11,14-15,17-18,23-24H,4,7,12-13,16H2,1-3H3,(H,26,27). The number of carbonyl (C=O) groups is 1. The quantitative estimate of drug-likeness (QED) is 0.525. The van der Waals surface area contributed by atoms with Gasteiger partial charge in [-0.15, -0.1) is 0 Å². The van der Waals surface area contributed by atoms with Crippen molar-refractivity contribution in [3.63, 3.8) is 0 Å². The van der Waals surface area contributed by atoms with Gasteiger partial charge in [0, 0.05) is 6.07 Å². The number of methoxy groups -OCH3 is 1. The molecule has 1 aliphatic carbocycles. The van der Waals surface area contributed by atoms with Crippen molar-refractivity contribution >= 4 is 5.97 Å². The van der Waals surface area contributed by atoms with Crippen molar-refractivity contribution < 1.29 is 24.1 Å². The molecule has 1 N–H and O–H groups in total. The molecule has 5 heteroatoms. The highest BCUT2D eigenvalue weighted by Gasteiger charge is 2.31. The Balaban J connectivity index is 1.50. The van der Waals surface area contributed by atoms with Gasteiger partial charge in [-0.1, -0.05) is 38.5 Å². The summed E-state index contributed by atoms with van der Waals surface area (Å²) in [6.07, 6.45) is 3.94. The summed E-state index contributed by atoms with van der Waals surface area (Å²) in [4.78, 5) is 11.5. The van der Waals surface area contributed by atoms with Gasteiger partial charge in [0.1, 0.15) is 17.2 Å². The molecular weight excluding hydrogens is 380 g/mol. The molecule has 30 heavy (non-hydrogen) atoms. The maximum absolute atomic E-state index is 11.5. The topological polar surface area (TPSA) is 65.0 Å². The van der Waals surface area contributed by atoms with Crippen LogP contribution in [0.3, 0.4) is 0 Å². The van der Waals surface area contributed by atoms with E-state index in [1.807, 2.05) is 48.5 Å². The number of hydrogen-bond acceptors (Lipinski definition) is 4. The van der Waals surface area contributed by atoms with Crippen molar-refractivity contribution in [1.29, 1.82) is 0 Å². The van der Waals surface area contributed by atoms with Crippen molar-refractivity contribution in [2.75, 3.05) is 13.7 Å². The molecule has 2 aromatic carbocycles. The minimum absolute atomic E-state index is 0.000368. The molecule has 2 aromatic rings. The summed E-state index contributed by atoms with van der Waals surface area (Å²) in [5.74, 6) is 1.74. The first-order valence-corrected chi connectivity index (χ1v) is 10.8. The summed E-state index contributed by atoms with van der Waals surface area (Å²) in [5, 5.41) is 9.44. The molecule has 0 amide bonds. The van der Waals surface area contributed by atoms with E-state index in [1.165, 1.54) is 0 Å². The van der Waals surface area contributed by atoms with E-state index in [0.717, 1.165) is 48.5 Å². The third-order valence-electron chi connectivity index (χ3n) is 5.90. The third kappa shape index (κ3) is 5.68. The molecule has 0 aliphatic heterocycles. The zero-order valence-corrected chi connectivity index (χ0v) is 18.0. The summed E-state index contributed by atoms with van der Waals surface area (Å²) in [7, 11) is 1.65. The van der Waals surface area contributed by atoms with E-state index in [-0.39, 0.29) is 12.0 Å². The molecule has 0 aromatic heterocycles. The number of rotatable bonds is 11. The Kier molecular flexibility index (Phi) is 7.61. The van der Waals surface area contributed by atoms with E-state index < -0.39 is 11.9 Å². The Bertz CT molecular complexity index is 828. The van der Waals surface area contributed by atoms with Gasteiger partial charge in [0.2, 0.25) is 0 Å². The number of ether oxygens (including phenoxy) is 3. The van der Waals surface area contributed by atoms with E-state index in [4.69, 9.17) is 14.2 Å². The van der Waals surface area contributed by atoms with Crippen LogP contribution >= 0.6 is 0 Å². The average molecular weight is 413 g/mol. The number of aliphatic carboxylic acids is 1. The van der Waals surface area contributed by atoms with E-state index in [9.17, 15) is 9.90 Å². The molecule has 2 atom stereocenters. The van der Waals surface area contributed by atoms with Crippen LogP contribution in [0.2, 0.25) is 0 Å². The molecule has 1 aliphatic rings. The molecule has 0 spiro atoms. The fourth-order valence-electron chi connectivity index (χ4n) is 4.01. The molecule has 1 saturated carbocycles. The minimum Gasteiger partial charge on any atom is -0.497 e. The molecule has 0 radical (unpaired) electrons. The van der Waals surface area contributed by atoms with Gasteiger partial charge < -0.3 is 19.3 Å². The highest BCUT2D eigenvalue weighted by molar-refractivity contribution is 5.71. The molecular formula is C25H32O5. The Morgan fingerprint density at radius 2 is 1.80 bits per heavy atom. The fraction of sp³-hybridized carbons (Fsp3) is 0.480. The van der Waals surface area contributed by atoms with E-state index >= 15 is 0 Å². The maximum Gasteiger partial charge on any atom is 0.306 e. The van der Waals surface area contributed by atoms with Crippen molar-refractivity contribution in [2.24, 2.45) is 11.8 Å². The van der Waals surface area contributed by atoms with Crippen molar-refractivity contribution in [3.05, 3.63) is 54.1 Å². The molecule has 3 rings (SSSR count). The predicted octanol–water partition coefficient (Wildman–Crippen LogP) is 5.54. The van der Waals surface area contributed by atoms with Gasteiger partial charge in [-0.3, -0.25) is 4.79 Å². The zero-order chi connectivity index (χ0) is 21.5. The monoisotopic (exact) mass is 412 g/mol. The van der Waals surface area contributed by atoms with Crippen LogP contribution < -0.4 is 14.2 Å². The van der Waals surface area contributed by atoms with Crippen molar-refractivity contribution in [1.82, 2.24) is 0 Å². The Morgan fingerprint density at radius 3 is 2.50 bits per heavy atom. The molecule has 0 bridgehead atoms. The first kappa shape index (κ1) is 22.0. The minimum atomic E-state index is -0.753. The summed E-state index contributed by atoms with van der Waals surface area (Å²) < 4.78 is 17.3. The first-order chi connectivity index (χ1) is 14.5. The SMILES string of the molecule is CCCC(c1cccc(OCC2CC(Oc3cccc(OC)c3)C2)c1)C(C)C(=O)O. The third-order valence-corrected chi connectivity index (χ3v) is 5.90. The molecule has 1 fully saturated rings. The highest BCUT2D eigenvalue weighted by atomic mass is 16.5. The maximum atomic E-state index is 11.5. The smallest absolute Gasteiger partial charge is 0.306 e.